The van der Waals surface area contributed by atoms with Crippen molar-refractivity contribution in [1.29, 1.82) is 0 Å². The number of benzene rings is 2. The van der Waals surface area contributed by atoms with Crippen LogP contribution in [0.2, 0.25) is 5.02 Å². The van der Waals surface area contributed by atoms with E-state index < -0.39 is 0 Å². The number of carbonyl (C=O) groups excluding carboxylic acids is 2. The molecule has 1 atom stereocenters. The summed E-state index contributed by atoms with van der Waals surface area (Å²) in [7, 11) is 0. The fourth-order valence-electron chi connectivity index (χ4n) is 2.75. The SMILES string of the molecule is CC(C)C1Nc2ccc(C(=O)NCc3ccccc3Cl)cc2NC1=O. The van der Waals surface area contributed by atoms with E-state index >= 15 is 0 Å². The molecule has 0 saturated carbocycles. The number of rotatable bonds is 4. The summed E-state index contributed by atoms with van der Waals surface area (Å²) in [6, 6.07) is 12.3. The molecule has 0 aliphatic carbocycles. The molecule has 0 radical (unpaired) electrons. The highest BCUT2D eigenvalue weighted by atomic mass is 35.5. The maximum Gasteiger partial charge on any atom is 0.251 e. The molecule has 0 bridgehead atoms. The Labute approximate surface area is 151 Å². The molecular weight excluding hydrogens is 338 g/mol. The number of halogens is 1. The van der Waals surface area contributed by atoms with Crippen LogP contribution in [0.15, 0.2) is 42.5 Å². The number of hydrogen-bond donors (Lipinski definition) is 3. The monoisotopic (exact) mass is 357 g/mol. The Morgan fingerprint density at radius 3 is 2.68 bits per heavy atom. The van der Waals surface area contributed by atoms with Gasteiger partial charge >= 0.3 is 0 Å². The number of carbonyl (C=O) groups is 2. The van der Waals surface area contributed by atoms with E-state index in [9.17, 15) is 9.59 Å². The smallest absolute Gasteiger partial charge is 0.251 e. The third-order valence-electron chi connectivity index (χ3n) is 4.20. The summed E-state index contributed by atoms with van der Waals surface area (Å²) in [5.41, 5.74) is 2.77. The van der Waals surface area contributed by atoms with Gasteiger partial charge in [-0.1, -0.05) is 43.6 Å². The van der Waals surface area contributed by atoms with Crippen LogP contribution in [-0.2, 0) is 11.3 Å². The van der Waals surface area contributed by atoms with Gasteiger partial charge in [0.1, 0.15) is 6.04 Å². The van der Waals surface area contributed by atoms with E-state index in [0.717, 1.165) is 11.3 Å². The predicted octanol–water partition coefficient (Wildman–Crippen LogP) is 3.66. The molecule has 0 spiro atoms. The van der Waals surface area contributed by atoms with Gasteiger partial charge in [0.25, 0.3) is 5.91 Å². The fourth-order valence-corrected chi connectivity index (χ4v) is 2.95. The van der Waals surface area contributed by atoms with E-state index in [1.807, 2.05) is 38.1 Å². The van der Waals surface area contributed by atoms with Crippen LogP contribution >= 0.6 is 11.6 Å². The van der Waals surface area contributed by atoms with Crippen LogP contribution in [0.1, 0.15) is 29.8 Å². The Kier molecular flexibility index (Phi) is 4.95. The van der Waals surface area contributed by atoms with Crippen LogP contribution in [0.5, 0.6) is 0 Å². The fraction of sp³-hybridized carbons (Fsp3) is 0.263. The van der Waals surface area contributed by atoms with Gasteiger partial charge in [0.15, 0.2) is 0 Å². The number of fused-ring (bicyclic) bond motifs is 1. The minimum atomic E-state index is -0.271. The molecule has 1 unspecified atom stereocenters. The Morgan fingerprint density at radius 1 is 1.20 bits per heavy atom. The second kappa shape index (κ2) is 7.15. The summed E-state index contributed by atoms with van der Waals surface area (Å²) in [4.78, 5) is 24.5. The molecule has 2 amide bonds. The molecule has 2 aromatic carbocycles. The van der Waals surface area contributed by atoms with Crippen LogP contribution < -0.4 is 16.0 Å². The average Bonchev–Trinajstić information content (AvgIpc) is 2.59. The standard InChI is InChI=1S/C19H20ClN3O2/c1-11(2)17-19(25)23-16-9-12(7-8-15(16)22-17)18(24)21-10-13-5-3-4-6-14(13)20/h3-9,11,17,22H,10H2,1-2H3,(H,21,24)(H,23,25). The molecule has 1 heterocycles. The maximum atomic E-state index is 12.4. The lowest BCUT2D eigenvalue weighted by atomic mass is 9.99. The average molecular weight is 358 g/mol. The molecule has 3 N–H and O–H groups in total. The van der Waals surface area contributed by atoms with E-state index in [0.29, 0.717) is 22.8 Å². The minimum absolute atomic E-state index is 0.0869. The summed E-state index contributed by atoms with van der Waals surface area (Å²) >= 11 is 6.10. The second-order valence-electron chi connectivity index (χ2n) is 6.39. The molecule has 2 aromatic rings. The van der Waals surface area contributed by atoms with Crippen LogP contribution in [0.4, 0.5) is 11.4 Å². The first-order valence-corrected chi connectivity index (χ1v) is 8.56. The molecule has 6 heteroatoms. The summed E-state index contributed by atoms with van der Waals surface area (Å²) in [5.74, 6) is -0.133. The van der Waals surface area contributed by atoms with Crippen molar-refractivity contribution >= 4 is 34.8 Å². The van der Waals surface area contributed by atoms with E-state index in [1.165, 1.54) is 0 Å². The van der Waals surface area contributed by atoms with Crippen LogP contribution in [0.25, 0.3) is 0 Å². The van der Waals surface area contributed by atoms with Crippen molar-refractivity contribution in [2.45, 2.75) is 26.4 Å². The van der Waals surface area contributed by atoms with Crippen molar-refractivity contribution in [1.82, 2.24) is 5.32 Å². The van der Waals surface area contributed by atoms with E-state index in [4.69, 9.17) is 11.6 Å². The first-order valence-electron chi connectivity index (χ1n) is 8.19. The molecule has 130 valence electrons. The first kappa shape index (κ1) is 17.3. The zero-order valence-corrected chi connectivity index (χ0v) is 14.9. The zero-order chi connectivity index (χ0) is 18.0. The van der Waals surface area contributed by atoms with E-state index in [-0.39, 0.29) is 23.8 Å². The third-order valence-corrected chi connectivity index (χ3v) is 4.57. The van der Waals surface area contributed by atoms with Gasteiger partial charge in [-0.25, -0.2) is 0 Å². The summed E-state index contributed by atoms with van der Waals surface area (Å²) in [5, 5.41) is 9.54. The highest BCUT2D eigenvalue weighted by Gasteiger charge is 2.28. The highest BCUT2D eigenvalue weighted by molar-refractivity contribution is 6.31. The van der Waals surface area contributed by atoms with E-state index in [2.05, 4.69) is 16.0 Å². The third kappa shape index (κ3) is 3.77. The van der Waals surface area contributed by atoms with Gasteiger partial charge in [-0.15, -0.1) is 0 Å². The van der Waals surface area contributed by atoms with E-state index in [1.54, 1.807) is 18.2 Å². The highest BCUT2D eigenvalue weighted by Crippen LogP contribution is 2.29. The van der Waals surface area contributed by atoms with Gasteiger partial charge in [-0.2, -0.15) is 0 Å². The Hall–Kier alpha value is -2.53. The Balaban J connectivity index is 1.72. The van der Waals surface area contributed by atoms with Gasteiger partial charge in [0.2, 0.25) is 5.91 Å². The number of nitrogens with one attached hydrogen (secondary N) is 3. The molecule has 0 saturated heterocycles. The normalized spacial score (nSPS) is 16.0. The van der Waals surface area contributed by atoms with Crippen molar-refractivity contribution in [3.8, 4) is 0 Å². The van der Waals surface area contributed by atoms with Gasteiger partial charge in [-0.05, 0) is 35.7 Å². The number of anilines is 2. The lowest BCUT2D eigenvalue weighted by Gasteiger charge is -2.29. The number of amides is 2. The van der Waals surface area contributed by atoms with Crippen LogP contribution in [0, 0.1) is 5.92 Å². The van der Waals surface area contributed by atoms with Gasteiger partial charge in [0, 0.05) is 17.1 Å². The van der Waals surface area contributed by atoms with Crippen molar-refractivity contribution in [2.24, 2.45) is 5.92 Å². The zero-order valence-electron chi connectivity index (χ0n) is 14.1. The Bertz CT molecular complexity index is 820. The summed E-state index contributed by atoms with van der Waals surface area (Å²) in [6.45, 7) is 4.31. The van der Waals surface area contributed by atoms with Gasteiger partial charge in [0.05, 0.1) is 11.4 Å². The maximum absolute atomic E-state index is 12.4. The first-order chi connectivity index (χ1) is 12.0. The summed E-state index contributed by atoms with van der Waals surface area (Å²) in [6.07, 6.45) is 0. The molecule has 5 nitrogen and oxygen atoms in total. The second-order valence-corrected chi connectivity index (χ2v) is 6.80. The molecular formula is C19H20ClN3O2. The largest absolute Gasteiger partial charge is 0.372 e. The molecule has 0 aromatic heterocycles. The molecule has 1 aliphatic heterocycles. The Morgan fingerprint density at radius 2 is 1.96 bits per heavy atom. The van der Waals surface area contributed by atoms with Crippen molar-refractivity contribution in [3.63, 3.8) is 0 Å². The van der Waals surface area contributed by atoms with Crippen molar-refractivity contribution in [2.75, 3.05) is 10.6 Å². The molecule has 25 heavy (non-hydrogen) atoms. The predicted molar refractivity (Wildman–Crippen MR) is 99.9 cm³/mol. The lowest BCUT2D eigenvalue weighted by Crippen LogP contribution is -2.42. The lowest BCUT2D eigenvalue weighted by molar-refractivity contribution is -0.117. The quantitative estimate of drug-likeness (QED) is 0.782. The summed E-state index contributed by atoms with van der Waals surface area (Å²) < 4.78 is 0. The molecule has 3 rings (SSSR count). The van der Waals surface area contributed by atoms with Crippen LogP contribution in [0.3, 0.4) is 0 Å². The topological polar surface area (TPSA) is 70.2 Å². The van der Waals surface area contributed by atoms with Gasteiger partial charge < -0.3 is 16.0 Å². The molecule has 1 aliphatic rings. The minimum Gasteiger partial charge on any atom is -0.372 e. The molecule has 0 fully saturated rings. The van der Waals surface area contributed by atoms with Crippen molar-refractivity contribution < 1.29 is 9.59 Å². The van der Waals surface area contributed by atoms with Gasteiger partial charge in [-0.3, -0.25) is 9.59 Å². The number of hydrogen-bond acceptors (Lipinski definition) is 3. The van der Waals surface area contributed by atoms with Crippen LogP contribution in [-0.4, -0.2) is 17.9 Å². The van der Waals surface area contributed by atoms with Crippen molar-refractivity contribution in [3.05, 3.63) is 58.6 Å².